The molecular weight excluding hydrogens is 296 g/mol. The van der Waals surface area contributed by atoms with Crippen LogP contribution >= 0.6 is 0 Å². The molecule has 0 aliphatic carbocycles. The third kappa shape index (κ3) is 3.50. The van der Waals surface area contributed by atoms with E-state index in [-0.39, 0.29) is 23.8 Å². The minimum atomic E-state index is -0.611. The van der Waals surface area contributed by atoms with Gasteiger partial charge in [-0.15, -0.1) is 0 Å². The Kier molecular flexibility index (Phi) is 4.57. The number of hydrogen-bond donors (Lipinski definition) is 2. The molecule has 2 aliphatic heterocycles. The number of benzene rings is 1. The number of ether oxygens (including phenoxy) is 1. The summed E-state index contributed by atoms with van der Waals surface area (Å²) in [6.07, 6.45) is 2.03. The van der Waals surface area contributed by atoms with Crippen molar-refractivity contribution in [1.29, 1.82) is 0 Å². The third-order valence-electron chi connectivity index (χ3n) is 3.86. The van der Waals surface area contributed by atoms with Crippen LogP contribution in [0, 0.1) is 0 Å². The predicted octanol–water partition coefficient (Wildman–Crippen LogP) is 0.620. The average Bonchev–Trinajstić information content (AvgIpc) is 3.09. The van der Waals surface area contributed by atoms with E-state index < -0.39 is 6.04 Å². The van der Waals surface area contributed by atoms with E-state index in [2.05, 4.69) is 15.7 Å². The van der Waals surface area contributed by atoms with Crippen LogP contribution in [0.3, 0.4) is 0 Å². The summed E-state index contributed by atoms with van der Waals surface area (Å²) >= 11 is 0. The number of amides is 2. The quantitative estimate of drug-likeness (QED) is 0.853. The fourth-order valence-corrected chi connectivity index (χ4v) is 2.60. The van der Waals surface area contributed by atoms with Crippen molar-refractivity contribution in [2.24, 2.45) is 4.99 Å². The van der Waals surface area contributed by atoms with Crippen LogP contribution in [-0.2, 0) is 14.3 Å². The highest BCUT2D eigenvalue weighted by molar-refractivity contribution is 6.39. The van der Waals surface area contributed by atoms with Gasteiger partial charge in [-0.3, -0.25) is 15.0 Å². The van der Waals surface area contributed by atoms with Crippen molar-refractivity contribution >= 4 is 23.3 Å². The van der Waals surface area contributed by atoms with E-state index in [0.29, 0.717) is 12.2 Å². The van der Waals surface area contributed by atoms with Crippen LogP contribution in [0.5, 0.6) is 0 Å². The molecule has 0 bridgehead atoms. The SMILES string of the molecule is C[C@@H]1N=C(C(=O)NC[C@@H]2CCCO2)NN(c2ccccc2)C1=O. The second-order valence-corrected chi connectivity index (χ2v) is 5.62. The minimum Gasteiger partial charge on any atom is -0.376 e. The van der Waals surface area contributed by atoms with Gasteiger partial charge in [-0.1, -0.05) is 18.2 Å². The standard InChI is InChI=1S/C16H20N4O3/c1-11-16(22)20(12-6-3-2-4-7-12)19-14(18-11)15(21)17-10-13-8-5-9-23-13/h2-4,6-7,11,13H,5,8-10H2,1H3,(H,17,21)(H,18,19)/t11-,13-/m0/s1. The monoisotopic (exact) mass is 316 g/mol. The zero-order chi connectivity index (χ0) is 16.2. The van der Waals surface area contributed by atoms with Crippen molar-refractivity contribution in [1.82, 2.24) is 10.7 Å². The van der Waals surface area contributed by atoms with Gasteiger partial charge in [0.1, 0.15) is 6.04 Å². The van der Waals surface area contributed by atoms with Gasteiger partial charge in [-0.2, -0.15) is 0 Å². The van der Waals surface area contributed by atoms with Crippen molar-refractivity contribution in [2.75, 3.05) is 18.2 Å². The Morgan fingerprint density at radius 3 is 2.91 bits per heavy atom. The molecule has 0 unspecified atom stereocenters. The molecule has 2 heterocycles. The summed E-state index contributed by atoms with van der Waals surface area (Å²) in [6, 6.07) is 8.51. The van der Waals surface area contributed by atoms with E-state index in [9.17, 15) is 9.59 Å². The highest BCUT2D eigenvalue weighted by Crippen LogP contribution is 2.16. The number of nitrogens with zero attached hydrogens (tertiary/aromatic N) is 2. The molecule has 1 fully saturated rings. The van der Waals surface area contributed by atoms with Crippen LogP contribution in [-0.4, -0.2) is 42.9 Å². The van der Waals surface area contributed by atoms with Gasteiger partial charge in [-0.25, -0.2) is 10.0 Å². The van der Waals surface area contributed by atoms with Crippen LogP contribution in [0.4, 0.5) is 5.69 Å². The van der Waals surface area contributed by atoms with Crippen LogP contribution in [0.1, 0.15) is 19.8 Å². The fraction of sp³-hybridized carbons (Fsp3) is 0.438. The van der Waals surface area contributed by atoms with Gasteiger partial charge < -0.3 is 10.1 Å². The van der Waals surface area contributed by atoms with Gasteiger partial charge in [0.2, 0.25) is 5.84 Å². The van der Waals surface area contributed by atoms with E-state index in [4.69, 9.17) is 4.74 Å². The smallest absolute Gasteiger partial charge is 0.288 e. The highest BCUT2D eigenvalue weighted by atomic mass is 16.5. The second kappa shape index (κ2) is 6.78. The molecule has 7 heteroatoms. The largest absolute Gasteiger partial charge is 0.376 e. The molecule has 7 nitrogen and oxygen atoms in total. The number of carbonyl (C=O) groups excluding carboxylic acids is 2. The third-order valence-corrected chi connectivity index (χ3v) is 3.86. The summed E-state index contributed by atoms with van der Waals surface area (Å²) in [5.41, 5.74) is 3.48. The van der Waals surface area contributed by atoms with Gasteiger partial charge in [0.25, 0.3) is 11.8 Å². The Balaban J connectivity index is 1.68. The number of anilines is 1. The first-order valence-electron chi connectivity index (χ1n) is 7.78. The Bertz CT molecular complexity index is 611. The topological polar surface area (TPSA) is 83.0 Å². The van der Waals surface area contributed by atoms with E-state index in [1.165, 1.54) is 5.01 Å². The van der Waals surface area contributed by atoms with E-state index >= 15 is 0 Å². The summed E-state index contributed by atoms with van der Waals surface area (Å²) in [4.78, 5) is 28.7. The Hall–Kier alpha value is -2.41. The molecule has 1 aromatic rings. The van der Waals surface area contributed by atoms with Gasteiger partial charge in [0.05, 0.1) is 11.8 Å². The molecular formula is C16H20N4O3. The van der Waals surface area contributed by atoms with Crippen LogP contribution in [0.2, 0.25) is 0 Å². The molecule has 23 heavy (non-hydrogen) atoms. The first-order valence-corrected chi connectivity index (χ1v) is 7.78. The molecule has 0 aromatic heterocycles. The Labute approximate surface area is 134 Å². The first kappa shape index (κ1) is 15.5. The number of hydrazine groups is 1. The molecule has 2 N–H and O–H groups in total. The summed E-state index contributed by atoms with van der Waals surface area (Å²) < 4.78 is 5.48. The molecule has 1 aromatic carbocycles. The molecule has 0 radical (unpaired) electrons. The molecule has 1 saturated heterocycles. The number of aliphatic imine (C=N–C) groups is 1. The van der Waals surface area contributed by atoms with E-state index in [1.807, 2.05) is 18.2 Å². The number of nitrogens with one attached hydrogen (secondary N) is 2. The number of carbonyl (C=O) groups is 2. The number of amidine groups is 1. The van der Waals surface area contributed by atoms with Crippen LogP contribution in [0.15, 0.2) is 35.3 Å². The van der Waals surface area contributed by atoms with E-state index in [1.54, 1.807) is 19.1 Å². The molecule has 0 spiro atoms. The fourth-order valence-electron chi connectivity index (χ4n) is 2.60. The van der Waals surface area contributed by atoms with Crippen LogP contribution in [0.25, 0.3) is 0 Å². The maximum Gasteiger partial charge on any atom is 0.288 e. The summed E-state index contributed by atoms with van der Waals surface area (Å²) in [7, 11) is 0. The lowest BCUT2D eigenvalue weighted by Crippen LogP contribution is -2.58. The van der Waals surface area contributed by atoms with Gasteiger partial charge in [0, 0.05) is 13.2 Å². The van der Waals surface area contributed by atoms with Crippen molar-refractivity contribution in [3.05, 3.63) is 30.3 Å². The van der Waals surface area contributed by atoms with Crippen molar-refractivity contribution in [3.63, 3.8) is 0 Å². The van der Waals surface area contributed by atoms with Crippen molar-refractivity contribution in [2.45, 2.75) is 31.9 Å². The van der Waals surface area contributed by atoms with Crippen LogP contribution < -0.4 is 15.8 Å². The molecule has 2 atom stereocenters. The summed E-state index contributed by atoms with van der Waals surface area (Å²) in [5, 5.41) is 4.17. The molecule has 3 rings (SSSR count). The maximum absolute atomic E-state index is 12.3. The number of para-hydroxylation sites is 1. The minimum absolute atomic E-state index is 0.0624. The lowest BCUT2D eigenvalue weighted by molar-refractivity contribution is -0.120. The Morgan fingerprint density at radius 2 is 2.22 bits per heavy atom. The molecule has 2 aliphatic rings. The summed E-state index contributed by atoms with van der Waals surface area (Å²) in [5.74, 6) is -0.397. The average molecular weight is 316 g/mol. The van der Waals surface area contributed by atoms with Gasteiger partial charge in [0.15, 0.2) is 0 Å². The number of rotatable bonds is 4. The molecule has 0 saturated carbocycles. The Morgan fingerprint density at radius 1 is 1.43 bits per heavy atom. The predicted molar refractivity (Wildman–Crippen MR) is 85.9 cm³/mol. The normalized spacial score (nSPS) is 24.1. The second-order valence-electron chi connectivity index (χ2n) is 5.62. The first-order chi connectivity index (χ1) is 11.1. The zero-order valence-corrected chi connectivity index (χ0v) is 13.0. The van der Waals surface area contributed by atoms with Crippen molar-refractivity contribution in [3.8, 4) is 0 Å². The number of hydrogen-bond acceptors (Lipinski definition) is 5. The summed E-state index contributed by atoms with van der Waals surface area (Å²) in [6.45, 7) is 2.87. The molecule has 122 valence electrons. The maximum atomic E-state index is 12.3. The zero-order valence-electron chi connectivity index (χ0n) is 13.0. The van der Waals surface area contributed by atoms with Gasteiger partial charge >= 0.3 is 0 Å². The van der Waals surface area contributed by atoms with Gasteiger partial charge in [-0.05, 0) is 31.9 Å². The van der Waals surface area contributed by atoms with E-state index in [0.717, 1.165) is 19.4 Å². The highest BCUT2D eigenvalue weighted by Gasteiger charge is 2.30. The lowest BCUT2D eigenvalue weighted by Gasteiger charge is -2.30. The van der Waals surface area contributed by atoms with Crippen molar-refractivity contribution < 1.29 is 14.3 Å². The molecule has 2 amide bonds. The lowest BCUT2D eigenvalue weighted by atomic mass is 10.2.